The monoisotopic (exact) mass is 343 g/mol. The lowest BCUT2D eigenvalue weighted by molar-refractivity contribution is -0.117. The van der Waals surface area contributed by atoms with E-state index in [1.165, 1.54) is 12.1 Å². The van der Waals surface area contributed by atoms with E-state index >= 15 is 0 Å². The fraction of sp³-hybridized carbons (Fsp3) is 0.294. The molecule has 0 fully saturated rings. The number of hydrazine groups is 1. The summed E-state index contributed by atoms with van der Waals surface area (Å²) in [5, 5.41) is 7.75. The predicted octanol–water partition coefficient (Wildman–Crippen LogP) is 0.770. The smallest absolute Gasteiger partial charge is 0.252 e. The summed E-state index contributed by atoms with van der Waals surface area (Å²) in [6.07, 6.45) is 3.34. The zero-order valence-corrected chi connectivity index (χ0v) is 13.7. The first-order chi connectivity index (χ1) is 12.1. The summed E-state index contributed by atoms with van der Waals surface area (Å²) in [4.78, 5) is 17.0. The Morgan fingerprint density at radius 3 is 3.08 bits per heavy atom. The molecule has 3 N–H and O–H groups in total. The van der Waals surface area contributed by atoms with Crippen LogP contribution in [0.25, 0.3) is 0 Å². The molecule has 0 spiro atoms. The van der Waals surface area contributed by atoms with Crippen LogP contribution in [0.2, 0.25) is 0 Å². The molecule has 2 bridgehead atoms. The largest absolute Gasteiger partial charge is 0.489 e. The Bertz CT molecular complexity index is 817. The number of hydrogen-bond acceptors (Lipinski definition) is 6. The Hall–Kier alpha value is -2.87. The molecule has 0 saturated heterocycles. The summed E-state index contributed by atoms with van der Waals surface area (Å²) in [6, 6.07) is 4.40. The molecular formula is C17H18FN5O2. The molecule has 4 rings (SSSR count). The van der Waals surface area contributed by atoms with E-state index in [1.54, 1.807) is 23.4 Å². The Kier molecular flexibility index (Phi) is 3.89. The number of hydrogen-bond donors (Lipinski definition) is 3. The number of carbonyl (C=O) groups excluding carboxylic acids is 1. The molecule has 3 heterocycles. The van der Waals surface area contributed by atoms with Gasteiger partial charge in [0.05, 0.1) is 12.1 Å². The lowest BCUT2D eigenvalue weighted by atomic mass is 10.2. The van der Waals surface area contributed by atoms with Crippen molar-refractivity contribution in [2.24, 2.45) is 4.99 Å². The van der Waals surface area contributed by atoms with Crippen molar-refractivity contribution in [1.29, 1.82) is 0 Å². The number of ether oxygens (including phenoxy) is 1. The number of nitrogens with one attached hydrogen (secondary N) is 3. The molecule has 1 amide bonds. The fourth-order valence-electron chi connectivity index (χ4n) is 2.87. The Morgan fingerprint density at radius 1 is 1.32 bits per heavy atom. The number of amidine groups is 1. The molecule has 0 radical (unpaired) electrons. The second-order valence-corrected chi connectivity index (χ2v) is 6.06. The van der Waals surface area contributed by atoms with Gasteiger partial charge in [-0.15, -0.1) is 0 Å². The summed E-state index contributed by atoms with van der Waals surface area (Å²) in [6.45, 7) is 2.96. The van der Waals surface area contributed by atoms with Crippen LogP contribution in [-0.4, -0.2) is 35.9 Å². The number of nitrogens with zero attached hydrogens (tertiary/aromatic N) is 2. The van der Waals surface area contributed by atoms with E-state index in [4.69, 9.17) is 4.74 Å². The maximum absolute atomic E-state index is 13.6. The van der Waals surface area contributed by atoms with Crippen molar-refractivity contribution in [3.8, 4) is 5.75 Å². The highest BCUT2D eigenvalue weighted by molar-refractivity contribution is 5.98. The molecule has 8 heteroatoms. The van der Waals surface area contributed by atoms with Gasteiger partial charge in [-0.05, 0) is 31.2 Å². The average Bonchev–Trinajstić information content (AvgIpc) is 3.02. The topological polar surface area (TPSA) is 78.0 Å². The molecule has 1 aromatic carbocycles. The zero-order chi connectivity index (χ0) is 17.4. The second-order valence-electron chi connectivity index (χ2n) is 6.06. The van der Waals surface area contributed by atoms with Gasteiger partial charge in [0.2, 0.25) is 0 Å². The third-order valence-corrected chi connectivity index (χ3v) is 4.17. The SMILES string of the molecule is C[C@H]1CNC(=O)C2=C3N=C(C=CN3NC2)NCc2cc(F)ccc2O1. The van der Waals surface area contributed by atoms with Gasteiger partial charge in [0, 0.05) is 24.9 Å². The Balaban J connectivity index is 1.70. The van der Waals surface area contributed by atoms with Gasteiger partial charge in [-0.1, -0.05) is 0 Å². The van der Waals surface area contributed by atoms with Gasteiger partial charge in [-0.25, -0.2) is 14.8 Å². The standard InChI is InChI=1S/C17H18FN5O2/c1-10-7-20-17(24)13-9-21-23-5-4-15(22-16(13)23)19-8-11-6-12(18)2-3-14(11)25-10/h2-6,10,21H,7-9H2,1H3,(H,19,22)(H,20,24)/t10-/m0/s1. The number of fused-ring (bicyclic) bond motifs is 1. The summed E-state index contributed by atoms with van der Waals surface area (Å²) < 4.78 is 19.5. The van der Waals surface area contributed by atoms with E-state index in [1.807, 2.05) is 6.92 Å². The van der Waals surface area contributed by atoms with Crippen molar-refractivity contribution in [2.45, 2.75) is 19.6 Å². The second kappa shape index (κ2) is 6.21. The van der Waals surface area contributed by atoms with Crippen molar-refractivity contribution >= 4 is 11.7 Å². The van der Waals surface area contributed by atoms with Crippen LogP contribution in [0.5, 0.6) is 5.75 Å². The molecule has 25 heavy (non-hydrogen) atoms. The average molecular weight is 343 g/mol. The maximum atomic E-state index is 13.6. The molecule has 0 unspecified atom stereocenters. The number of amides is 1. The van der Waals surface area contributed by atoms with Crippen LogP contribution in [-0.2, 0) is 11.3 Å². The Labute approximate surface area is 144 Å². The van der Waals surface area contributed by atoms with E-state index in [2.05, 4.69) is 21.1 Å². The van der Waals surface area contributed by atoms with Gasteiger partial charge in [-0.2, -0.15) is 0 Å². The number of aliphatic imine (C=N–C) groups is 1. The number of rotatable bonds is 0. The molecule has 3 aliphatic heterocycles. The molecular weight excluding hydrogens is 325 g/mol. The van der Waals surface area contributed by atoms with E-state index in [9.17, 15) is 9.18 Å². The minimum atomic E-state index is -0.327. The summed E-state index contributed by atoms with van der Waals surface area (Å²) in [5.74, 6) is 1.24. The van der Waals surface area contributed by atoms with Crippen LogP contribution >= 0.6 is 0 Å². The van der Waals surface area contributed by atoms with Crippen molar-refractivity contribution in [3.05, 3.63) is 53.2 Å². The van der Waals surface area contributed by atoms with Crippen molar-refractivity contribution < 1.29 is 13.9 Å². The molecule has 1 atom stereocenters. The quantitative estimate of drug-likeness (QED) is 0.649. The maximum Gasteiger partial charge on any atom is 0.252 e. The normalized spacial score (nSPS) is 22.6. The summed E-state index contributed by atoms with van der Waals surface area (Å²) in [7, 11) is 0. The van der Waals surface area contributed by atoms with Gasteiger partial charge in [0.15, 0.2) is 5.82 Å². The molecule has 0 saturated carbocycles. The van der Waals surface area contributed by atoms with Crippen LogP contribution in [0, 0.1) is 5.82 Å². The van der Waals surface area contributed by atoms with Crippen LogP contribution in [0.1, 0.15) is 12.5 Å². The van der Waals surface area contributed by atoms with Crippen molar-refractivity contribution in [1.82, 2.24) is 21.1 Å². The van der Waals surface area contributed by atoms with E-state index < -0.39 is 0 Å². The molecule has 7 nitrogen and oxygen atoms in total. The minimum absolute atomic E-state index is 0.183. The number of benzene rings is 1. The van der Waals surface area contributed by atoms with Crippen molar-refractivity contribution in [2.75, 3.05) is 13.1 Å². The molecule has 0 aliphatic carbocycles. The predicted molar refractivity (Wildman–Crippen MR) is 89.8 cm³/mol. The molecule has 0 aromatic heterocycles. The third kappa shape index (κ3) is 3.08. The highest BCUT2D eigenvalue weighted by Gasteiger charge is 2.28. The zero-order valence-electron chi connectivity index (χ0n) is 13.7. The lowest BCUT2D eigenvalue weighted by Crippen LogP contribution is -2.35. The number of carbonyl (C=O) groups is 1. The van der Waals surface area contributed by atoms with Crippen LogP contribution < -0.4 is 20.8 Å². The van der Waals surface area contributed by atoms with Gasteiger partial charge >= 0.3 is 0 Å². The van der Waals surface area contributed by atoms with Crippen LogP contribution in [0.4, 0.5) is 4.39 Å². The first kappa shape index (κ1) is 15.6. The van der Waals surface area contributed by atoms with Gasteiger partial charge in [0.1, 0.15) is 23.5 Å². The molecule has 1 aromatic rings. The van der Waals surface area contributed by atoms with Crippen LogP contribution in [0.15, 0.2) is 46.9 Å². The number of halogens is 1. The third-order valence-electron chi connectivity index (χ3n) is 4.17. The van der Waals surface area contributed by atoms with Gasteiger partial charge in [0.25, 0.3) is 5.91 Å². The minimum Gasteiger partial charge on any atom is -0.489 e. The van der Waals surface area contributed by atoms with E-state index in [-0.39, 0.29) is 17.8 Å². The van der Waals surface area contributed by atoms with Gasteiger partial charge < -0.3 is 15.4 Å². The molecule has 130 valence electrons. The first-order valence-corrected chi connectivity index (χ1v) is 8.10. The molecule has 3 aliphatic rings. The van der Waals surface area contributed by atoms with Crippen LogP contribution in [0.3, 0.4) is 0 Å². The lowest BCUT2D eigenvalue weighted by Gasteiger charge is -2.20. The highest BCUT2D eigenvalue weighted by atomic mass is 19.1. The van der Waals surface area contributed by atoms with E-state index in [0.717, 1.165) is 0 Å². The van der Waals surface area contributed by atoms with E-state index in [0.29, 0.717) is 48.2 Å². The van der Waals surface area contributed by atoms with Gasteiger partial charge in [-0.3, -0.25) is 9.80 Å². The van der Waals surface area contributed by atoms with Crippen molar-refractivity contribution in [3.63, 3.8) is 0 Å². The Morgan fingerprint density at radius 2 is 2.20 bits per heavy atom. The summed E-state index contributed by atoms with van der Waals surface area (Å²) >= 11 is 0. The summed E-state index contributed by atoms with van der Waals surface area (Å²) in [5.41, 5.74) is 4.34. The first-order valence-electron chi connectivity index (χ1n) is 8.10. The highest BCUT2D eigenvalue weighted by Crippen LogP contribution is 2.23. The fourth-order valence-corrected chi connectivity index (χ4v) is 2.87.